The number of nitrogens with zero attached hydrogens (tertiary/aromatic N) is 1. The molecule has 3 aromatic rings. The first kappa shape index (κ1) is 21.6. The quantitative estimate of drug-likeness (QED) is 0.232. The molecule has 3 aromatic carbocycles. The molecule has 0 aromatic heterocycles. The maximum absolute atomic E-state index is 12.4. The molecule has 0 fully saturated rings. The fourth-order valence-electron chi connectivity index (χ4n) is 2.52. The Morgan fingerprint density at radius 1 is 1.07 bits per heavy atom. The van der Waals surface area contributed by atoms with Gasteiger partial charge in [-0.2, -0.15) is 5.26 Å². The van der Waals surface area contributed by atoms with Crippen LogP contribution in [0.15, 0.2) is 81.2 Å². The van der Waals surface area contributed by atoms with Gasteiger partial charge < -0.3 is 15.2 Å². The number of benzene rings is 3. The molecule has 3 rings (SSSR count). The van der Waals surface area contributed by atoms with Gasteiger partial charge in [-0.3, -0.25) is 4.79 Å². The molecule has 5 nitrogen and oxygen atoms in total. The first-order valence-electron chi connectivity index (χ1n) is 8.83. The topological polar surface area (TPSA) is 82.3 Å². The Balaban J connectivity index is 1.69. The lowest BCUT2D eigenvalue weighted by Gasteiger charge is -2.09. The fraction of sp³-hybridized carbons (Fsp3) is 0.0435. The second kappa shape index (κ2) is 10.1. The minimum atomic E-state index is -0.533. The number of nitriles is 1. The first-order chi connectivity index (χ1) is 14.4. The molecule has 0 heterocycles. The Morgan fingerprint density at radius 2 is 1.77 bits per heavy atom. The molecule has 0 spiro atoms. The number of aromatic hydroxyl groups is 1. The third-order valence-corrected chi connectivity index (χ3v) is 5.21. The zero-order chi connectivity index (χ0) is 21.5. The number of hydrogen-bond donors (Lipinski definition) is 2. The van der Waals surface area contributed by atoms with Gasteiger partial charge in [-0.05, 0) is 81.7 Å². The lowest BCUT2D eigenvalue weighted by Crippen LogP contribution is -2.13. The van der Waals surface area contributed by atoms with Crippen LogP contribution in [0.5, 0.6) is 11.5 Å². The van der Waals surface area contributed by atoms with Crippen molar-refractivity contribution in [3.63, 3.8) is 0 Å². The number of halogens is 2. The minimum Gasteiger partial charge on any atom is -0.508 e. The molecule has 30 heavy (non-hydrogen) atoms. The smallest absolute Gasteiger partial charge is 0.266 e. The first-order valence-corrected chi connectivity index (χ1v) is 10.4. The largest absolute Gasteiger partial charge is 0.508 e. The highest BCUT2D eigenvalue weighted by Gasteiger charge is 2.11. The summed E-state index contributed by atoms with van der Waals surface area (Å²) in [7, 11) is 0. The van der Waals surface area contributed by atoms with E-state index in [0.717, 1.165) is 10.0 Å². The van der Waals surface area contributed by atoms with Crippen LogP contribution in [-0.2, 0) is 11.4 Å². The van der Waals surface area contributed by atoms with Crippen molar-refractivity contribution in [2.75, 3.05) is 5.32 Å². The number of carbonyl (C=O) groups excluding carboxylic acids is 1. The third-order valence-electron chi connectivity index (χ3n) is 4.06. The van der Waals surface area contributed by atoms with Crippen LogP contribution in [0, 0.1) is 11.3 Å². The minimum absolute atomic E-state index is 0.0431. The molecule has 0 aliphatic rings. The summed E-state index contributed by atoms with van der Waals surface area (Å²) >= 11 is 6.88. The predicted octanol–water partition coefficient (Wildman–Crippen LogP) is 6.04. The van der Waals surface area contributed by atoms with Gasteiger partial charge in [0.2, 0.25) is 0 Å². The van der Waals surface area contributed by atoms with Gasteiger partial charge >= 0.3 is 0 Å². The number of hydrogen-bond acceptors (Lipinski definition) is 4. The molecule has 0 bridgehead atoms. The molecule has 150 valence electrons. The van der Waals surface area contributed by atoms with Crippen LogP contribution >= 0.6 is 31.9 Å². The van der Waals surface area contributed by atoms with Crippen molar-refractivity contribution < 1.29 is 14.6 Å². The SMILES string of the molecule is N#C/C(=C\c1ccc(OCc2ccc(Br)cc2)c(Br)c1)C(=O)Nc1ccc(O)cc1. The summed E-state index contributed by atoms with van der Waals surface area (Å²) in [6.45, 7) is 0.416. The summed E-state index contributed by atoms with van der Waals surface area (Å²) in [6, 6.07) is 21.1. The van der Waals surface area contributed by atoms with E-state index in [9.17, 15) is 15.2 Å². The highest BCUT2D eigenvalue weighted by Crippen LogP contribution is 2.28. The van der Waals surface area contributed by atoms with Gasteiger partial charge in [0.1, 0.15) is 29.7 Å². The molecule has 0 aliphatic carbocycles. The summed E-state index contributed by atoms with van der Waals surface area (Å²) in [5, 5.41) is 21.3. The summed E-state index contributed by atoms with van der Waals surface area (Å²) < 4.78 is 7.56. The van der Waals surface area contributed by atoms with E-state index < -0.39 is 5.91 Å². The van der Waals surface area contributed by atoms with Crippen molar-refractivity contribution in [1.82, 2.24) is 0 Å². The van der Waals surface area contributed by atoms with Crippen LogP contribution in [0.2, 0.25) is 0 Å². The monoisotopic (exact) mass is 526 g/mol. The molecular formula is C23H16Br2N2O3. The molecular weight excluding hydrogens is 512 g/mol. The Morgan fingerprint density at radius 3 is 2.40 bits per heavy atom. The zero-order valence-electron chi connectivity index (χ0n) is 15.6. The zero-order valence-corrected chi connectivity index (χ0v) is 18.8. The van der Waals surface area contributed by atoms with Crippen LogP contribution in [0.4, 0.5) is 5.69 Å². The summed E-state index contributed by atoms with van der Waals surface area (Å²) in [5.41, 5.74) is 2.15. The van der Waals surface area contributed by atoms with E-state index in [1.807, 2.05) is 30.3 Å². The van der Waals surface area contributed by atoms with Gasteiger partial charge in [-0.1, -0.05) is 34.1 Å². The van der Waals surface area contributed by atoms with Gasteiger partial charge in [0.25, 0.3) is 5.91 Å². The van der Waals surface area contributed by atoms with Crippen LogP contribution < -0.4 is 10.1 Å². The van der Waals surface area contributed by atoms with Crippen LogP contribution in [0.1, 0.15) is 11.1 Å². The summed E-state index contributed by atoms with van der Waals surface area (Å²) in [4.78, 5) is 12.4. The van der Waals surface area contributed by atoms with E-state index in [4.69, 9.17) is 4.74 Å². The normalized spacial score (nSPS) is 10.9. The number of amides is 1. The summed E-state index contributed by atoms with van der Waals surface area (Å²) in [6.07, 6.45) is 1.50. The highest BCUT2D eigenvalue weighted by molar-refractivity contribution is 9.10. The molecule has 0 unspecified atom stereocenters. The van der Waals surface area contributed by atoms with Crippen molar-refractivity contribution in [2.24, 2.45) is 0 Å². The lowest BCUT2D eigenvalue weighted by atomic mass is 10.1. The second-order valence-electron chi connectivity index (χ2n) is 6.28. The number of phenolic OH excluding ortho intramolecular Hbond substituents is 1. The van der Waals surface area contributed by atoms with Gasteiger partial charge in [0.15, 0.2) is 0 Å². The average molecular weight is 528 g/mol. The average Bonchev–Trinajstić information content (AvgIpc) is 2.74. The molecule has 0 saturated heterocycles. The highest BCUT2D eigenvalue weighted by atomic mass is 79.9. The predicted molar refractivity (Wildman–Crippen MR) is 123 cm³/mol. The Bertz CT molecular complexity index is 1120. The number of anilines is 1. The molecule has 1 amide bonds. The van der Waals surface area contributed by atoms with Crippen molar-refractivity contribution in [2.45, 2.75) is 6.61 Å². The Labute approximate surface area is 190 Å². The van der Waals surface area contributed by atoms with Gasteiger partial charge in [0.05, 0.1) is 4.47 Å². The van der Waals surface area contributed by atoms with Gasteiger partial charge in [0, 0.05) is 10.2 Å². The molecule has 0 atom stereocenters. The number of ether oxygens (including phenoxy) is 1. The van der Waals surface area contributed by atoms with Gasteiger partial charge in [-0.25, -0.2) is 0 Å². The van der Waals surface area contributed by atoms with E-state index >= 15 is 0 Å². The molecule has 0 radical (unpaired) electrons. The Hall–Kier alpha value is -3.08. The van der Waals surface area contributed by atoms with Crippen molar-refractivity contribution >= 4 is 49.5 Å². The van der Waals surface area contributed by atoms with E-state index in [-0.39, 0.29) is 11.3 Å². The van der Waals surface area contributed by atoms with Crippen molar-refractivity contribution in [3.05, 3.63) is 92.4 Å². The van der Waals surface area contributed by atoms with Crippen molar-refractivity contribution in [3.8, 4) is 17.6 Å². The lowest BCUT2D eigenvalue weighted by molar-refractivity contribution is -0.112. The number of rotatable bonds is 6. The van der Waals surface area contributed by atoms with Crippen LogP contribution in [0.3, 0.4) is 0 Å². The fourth-order valence-corrected chi connectivity index (χ4v) is 3.30. The second-order valence-corrected chi connectivity index (χ2v) is 8.05. The number of phenols is 1. The van der Waals surface area contributed by atoms with Crippen molar-refractivity contribution in [1.29, 1.82) is 5.26 Å². The van der Waals surface area contributed by atoms with E-state index in [1.54, 1.807) is 30.3 Å². The molecule has 2 N–H and O–H groups in total. The molecule has 7 heteroatoms. The maximum Gasteiger partial charge on any atom is 0.266 e. The van der Waals surface area contributed by atoms with E-state index in [1.165, 1.54) is 18.2 Å². The summed E-state index contributed by atoms with van der Waals surface area (Å²) in [5.74, 6) is 0.216. The van der Waals surface area contributed by atoms with Crippen LogP contribution in [0.25, 0.3) is 6.08 Å². The van der Waals surface area contributed by atoms with Gasteiger partial charge in [-0.15, -0.1) is 0 Å². The van der Waals surface area contributed by atoms with E-state index in [0.29, 0.717) is 28.1 Å². The maximum atomic E-state index is 12.4. The number of carbonyl (C=O) groups is 1. The Kier molecular flexibility index (Phi) is 7.28. The molecule has 0 saturated carbocycles. The van der Waals surface area contributed by atoms with E-state index in [2.05, 4.69) is 37.2 Å². The number of nitrogens with one attached hydrogen (secondary N) is 1. The standard InChI is InChI=1S/C23H16Br2N2O3/c24-18-4-1-15(2-5-18)14-30-22-10-3-16(12-21(22)25)11-17(13-26)23(29)27-19-6-8-20(28)9-7-19/h1-12,28H,14H2,(H,27,29)/b17-11+. The van der Waals surface area contributed by atoms with Crippen LogP contribution in [-0.4, -0.2) is 11.0 Å². The third kappa shape index (κ3) is 5.96. The molecule has 0 aliphatic heterocycles.